The Morgan fingerprint density at radius 1 is 1.16 bits per heavy atom. The fourth-order valence-electron chi connectivity index (χ4n) is 3.63. The van der Waals surface area contributed by atoms with Crippen LogP contribution in [0.4, 0.5) is 11.4 Å². The van der Waals surface area contributed by atoms with E-state index in [0.717, 1.165) is 35.3 Å². The molecule has 0 aliphatic heterocycles. The lowest BCUT2D eigenvalue weighted by atomic mass is 10.1. The van der Waals surface area contributed by atoms with Crippen molar-refractivity contribution in [2.45, 2.75) is 58.9 Å². The van der Waals surface area contributed by atoms with Gasteiger partial charge in [0.1, 0.15) is 0 Å². The molecule has 0 saturated heterocycles. The molecule has 2 aromatic heterocycles. The van der Waals surface area contributed by atoms with Gasteiger partial charge in [0.05, 0.1) is 32.9 Å². The van der Waals surface area contributed by atoms with Gasteiger partial charge in [-0.05, 0) is 64.8 Å². The lowest BCUT2D eigenvalue weighted by molar-refractivity contribution is -0.114. The SMILES string of the molecule is CC(=O)Nc1ccc(NC(=O)c2cc(C3CC3)nc3c2c(C)nn3C(C)(C)C)c(Cl)c1. The summed E-state index contributed by atoms with van der Waals surface area (Å²) >= 11 is 6.35. The Morgan fingerprint density at radius 3 is 2.45 bits per heavy atom. The van der Waals surface area contributed by atoms with Crippen LogP contribution in [0.3, 0.4) is 0 Å². The largest absolute Gasteiger partial charge is 0.326 e. The third-order valence-corrected chi connectivity index (χ3v) is 5.56. The van der Waals surface area contributed by atoms with Crippen molar-refractivity contribution in [3.8, 4) is 0 Å². The van der Waals surface area contributed by atoms with E-state index in [1.807, 2.05) is 17.7 Å². The molecule has 0 unspecified atom stereocenters. The molecule has 4 rings (SSSR count). The quantitative estimate of drug-likeness (QED) is 0.582. The molecule has 7 nitrogen and oxygen atoms in total. The van der Waals surface area contributed by atoms with Crippen molar-refractivity contribution in [2.24, 2.45) is 0 Å². The lowest BCUT2D eigenvalue weighted by Gasteiger charge is -2.20. The second-order valence-corrected chi connectivity index (χ2v) is 9.47. The van der Waals surface area contributed by atoms with Gasteiger partial charge in [-0.1, -0.05) is 11.6 Å². The summed E-state index contributed by atoms with van der Waals surface area (Å²) in [6.07, 6.45) is 2.16. The normalized spacial score (nSPS) is 14.0. The standard InChI is InChI=1S/C23H26ClN5O2/c1-12-20-16(22(31)27-18-9-8-15(10-17(18)24)25-13(2)30)11-19(14-6-7-14)26-21(20)29(28-12)23(3,4)5/h8-11,14H,6-7H2,1-5H3,(H,25,30)(H,27,31). The maximum Gasteiger partial charge on any atom is 0.256 e. The molecule has 1 fully saturated rings. The van der Waals surface area contributed by atoms with Gasteiger partial charge in [0.25, 0.3) is 5.91 Å². The van der Waals surface area contributed by atoms with Gasteiger partial charge in [-0.3, -0.25) is 9.59 Å². The maximum atomic E-state index is 13.3. The predicted octanol–water partition coefficient (Wildman–Crippen LogP) is 5.24. The van der Waals surface area contributed by atoms with Gasteiger partial charge in [0, 0.05) is 24.2 Å². The number of nitrogens with one attached hydrogen (secondary N) is 2. The third kappa shape index (κ3) is 4.28. The third-order valence-electron chi connectivity index (χ3n) is 5.25. The Kier molecular flexibility index (Phi) is 5.25. The van der Waals surface area contributed by atoms with Crippen LogP contribution in [-0.4, -0.2) is 26.6 Å². The molecule has 2 amide bonds. The first kappa shape index (κ1) is 21.3. The molecule has 1 aliphatic rings. The number of halogens is 1. The molecule has 0 radical (unpaired) electrons. The minimum absolute atomic E-state index is 0.189. The number of aromatic nitrogens is 3. The van der Waals surface area contributed by atoms with E-state index in [9.17, 15) is 9.59 Å². The number of amides is 2. The summed E-state index contributed by atoms with van der Waals surface area (Å²) in [7, 11) is 0. The fourth-order valence-corrected chi connectivity index (χ4v) is 3.86. The van der Waals surface area contributed by atoms with Gasteiger partial charge in [-0.25, -0.2) is 9.67 Å². The minimum Gasteiger partial charge on any atom is -0.326 e. The van der Waals surface area contributed by atoms with Crippen molar-refractivity contribution < 1.29 is 9.59 Å². The number of carbonyl (C=O) groups is 2. The van der Waals surface area contributed by atoms with Crippen LogP contribution in [0.5, 0.6) is 0 Å². The lowest BCUT2D eigenvalue weighted by Crippen LogP contribution is -2.23. The highest BCUT2D eigenvalue weighted by Gasteiger charge is 2.30. The highest BCUT2D eigenvalue weighted by Crippen LogP contribution is 2.41. The topological polar surface area (TPSA) is 88.9 Å². The molecule has 2 heterocycles. The smallest absolute Gasteiger partial charge is 0.256 e. The minimum atomic E-state index is -0.266. The molecular weight excluding hydrogens is 414 g/mol. The van der Waals surface area contributed by atoms with Crippen LogP contribution in [0, 0.1) is 6.92 Å². The number of anilines is 2. The van der Waals surface area contributed by atoms with Crippen LogP contribution in [0.15, 0.2) is 24.3 Å². The summed E-state index contributed by atoms with van der Waals surface area (Å²) in [5.74, 6) is -0.0638. The number of benzene rings is 1. The highest BCUT2D eigenvalue weighted by molar-refractivity contribution is 6.34. The van der Waals surface area contributed by atoms with Gasteiger partial charge in [0.2, 0.25) is 5.91 Å². The number of carbonyl (C=O) groups excluding carboxylic acids is 2. The first-order valence-corrected chi connectivity index (χ1v) is 10.7. The number of aryl methyl sites for hydroxylation is 1. The number of pyridine rings is 1. The van der Waals surface area contributed by atoms with Crippen molar-refractivity contribution in [1.29, 1.82) is 0 Å². The van der Waals surface area contributed by atoms with E-state index in [0.29, 0.717) is 27.9 Å². The Hall–Kier alpha value is -2.93. The van der Waals surface area contributed by atoms with Crippen molar-refractivity contribution in [2.75, 3.05) is 10.6 Å². The molecule has 1 aliphatic carbocycles. The van der Waals surface area contributed by atoms with Gasteiger partial charge < -0.3 is 10.6 Å². The van der Waals surface area contributed by atoms with Gasteiger partial charge >= 0.3 is 0 Å². The Balaban J connectivity index is 1.76. The van der Waals surface area contributed by atoms with E-state index in [-0.39, 0.29) is 17.4 Å². The maximum absolute atomic E-state index is 13.3. The zero-order valence-corrected chi connectivity index (χ0v) is 19.1. The van der Waals surface area contributed by atoms with Crippen LogP contribution >= 0.6 is 11.6 Å². The number of hydrogen-bond donors (Lipinski definition) is 2. The molecule has 3 aromatic rings. The zero-order chi connectivity index (χ0) is 22.5. The Labute approximate surface area is 186 Å². The molecular formula is C23H26ClN5O2. The van der Waals surface area contributed by atoms with Crippen LogP contribution in [-0.2, 0) is 10.3 Å². The van der Waals surface area contributed by atoms with Gasteiger partial charge in [-0.15, -0.1) is 0 Å². The van der Waals surface area contributed by atoms with E-state index in [1.54, 1.807) is 18.2 Å². The molecule has 162 valence electrons. The van der Waals surface area contributed by atoms with Crippen molar-refractivity contribution >= 4 is 45.8 Å². The summed E-state index contributed by atoms with van der Waals surface area (Å²) < 4.78 is 1.90. The highest BCUT2D eigenvalue weighted by atomic mass is 35.5. The van der Waals surface area contributed by atoms with Gasteiger partial charge in [-0.2, -0.15) is 5.10 Å². The first-order valence-electron chi connectivity index (χ1n) is 10.3. The second-order valence-electron chi connectivity index (χ2n) is 9.07. The van der Waals surface area contributed by atoms with Crippen LogP contribution in [0.1, 0.15) is 68.2 Å². The van der Waals surface area contributed by atoms with E-state index in [1.165, 1.54) is 6.92 Å². The number of fused-ring (bicyclic) bond motifs is 1. The van der Waals surface area contributed by atoms with E-state index in [4.69, 9.17) is 21.7 Å². The van der Waals surface area contributed by atoms with Gasteiger partial charge in [0.15, 0.2) is 5.65 Å². The molecule has 31 heavy (non-hydrogen) atoms. The monoisotopic (exact) mass is 439 g/mol. The molecule has 0 bridgehead atoms. The summed E-state index contributed by atoms with van der Waals surface area (Å²) in [4.78, 5) is 29.5. The summed E-state index contributed by atoms with van der Waals surface area (Å²) in [5.41, 5.74) is 3.73. The van der Waals surface area contributed by atoms with E-state index in [2.05, 4.69) is 31.4 Å². The van der Waals surface area contributed by atoms with Crippen molar-refractivity contribution in [3.63, 3.8) is 0 Å². The molecule has 1 aromatic carbocycles. The Bertz CT molecular complexity index is 1200. The molecule has 0 atom stereocenters. The fraction of sp³-hybridized carbons (Fsp3) is 0.391. The second kappa shape index (κ2) is 7.64. The first-order chi connectivity index (χ1) is 14.5. The number of nitrogens with zero attached hydrogens (tertiary/aromatic N) is 3. The number of rotatable bonds is 4. The van der Waals surface area contributed by atoms with Crippen molar-refractivity contribution in [3.05, 3.63) is 46.2 Å². The van der Waals surface area contributed by atoms with Crippen LogP contribution in [0.25, 0.3) is 11.0 Å². The Morgan fingerprint density at radius 2 is 1.87 bits per heavy atom. The van der Waals surface area contributed by atoms with E-state index < -0.39 is 0 Å². The molecule has 8 heteroatoms. The number of hydrogen-bond acceptors (Lipinski definition) is 4. The summed E-state index contributed by atoms with van der Waals surface area (Å²) in [6.45, 7) is 9.53. The van der Waals surface area contributed by atoms with Crippen LogP contribution in [0.2, 0.25) is 5.02 Å². The average Bonchev–Trinajstić information content (AvgIpc) is 3.46. The molecule has 0 spiro atoms. The molecule has 2 N–H and O–H groups in total. The molecule has 1 saturated carbocycles. The summed E-state index contributed by atoms with van der Waals surface area (Å²) in [6, 6.07) is 6.87. The summed E-state index contributed by atoms with van der Waals surface area (Å²) in [5, 5.41) is 11.4. The zero-order valence-electron chi connectivity index (χ0n) is 18.3. The van der Waals surface area contributed by atoms with Crippen molar-refractivity contribution in [1.82, 2.24) is 14.8 Å². The predicted molar refractivity (Wildman–Crippen MR) is 123 cm³/mol. The van der Waals surface area contributed by atoms with E-state index >= 15 is 0 Å². The average molecular weight is 440 g/mol. The van der Waals surface area contributed by atoms with Crippen LogP contribution < -0.4 is 10.6 Å².